The summed E-state index contributed by atoms with van der Waals surface area (Å²) < 4.78 is 118. The zero-order valence-corrected chi connectivity index (χ0v) is 11.4. The molecule has 0 radical (unpaired) electrons. The van der Waals surface area contributed by atoms with Gasteiger partial charge in [-0.3, -0.25) is 0 Å². The smallest absolute Gasteiger partial charge is 0.478 e. The van der Waals surface area contributed by atoms with Gasteiger partial charge in [-0.15, -0.1) is 26.3 Å². The third-order valence-electron chi connectivity index (χ3n) is 2.24. The Balaban J connectivity index is 3.65. The molecular weight excluding hydrogens is 379 g/mol. The lowest BCUT2D eigenvalue weighted by molar-refractivity contribution is -0.288. The van der Waals surface area contributed by atoms with Crippen LogP contribution in [0.5, 0.6) is 11.5 Å². The number of halogens is 9. The Morgan fingerprint density at radius 1 is 0.920 bits per heavy atom. The van der Waals surface area contributed by atoms with E-state index in [0.29, 0.717) is 6.08 Å². The van der Waals surface area contributed by atoms with Crippen LogP contribution >= 0.6 is 0 Å². The van der Waals surface area contributed by atoms with Crippen molar-refractivity contribution >= 4 is 12.0 Å². The SMILES string of the molecule is O=C(O)/C=C/c1cc(OC(F)(F)F)c(OC(F)(F)F)c(C(F)(F)F)c1. The van der Waals surface area contributed by atoms with Crippen molar-refractivity contribution in [2.75, 3.05) is 0 Å². The second-order valence-corrected chi connectivity index (χ2v) is 4.16. The van der Waals surface area contributed by atoms with E-state index in [9.17, 15) is 44.3 Å². The molecule has 0 spiro atoms. The van der Waals surface area contributed by atoms with E-state index in [1.54, 1.807) is 0 Å². The molecule has 0 aliphatic carbocycles. The number of aliphatic carboxylic acids is 1. The standard InChI is InChI=1S/C12H5F9O4/c13-10(14,15)6-3-5(1-2-8(22)23)4-7(24-11(16,17)18)9(6)25-12(19,20)21/h1-4H,(H,22,23)/b2-1+. The summed E-state index contributed by atoms with van der Waals surface area (Å²) in [5.74, 6) is -5.86. The van der Waals surface area contributed by atoms with Crippen LogP contribution in [0.3, 0.4) is 0 Å². The van der Waals surface area contributed by atoms with E-state index >= 15 is 0 Å². The summed E-state index contributed by atoms with van der Waals surface area (Å²) >= 11 is 0. The number of alkyl halides is 9. The van der Waals surface area contributed by atoms with Crippen molar-refractivity contribution in [2.45, 2.75) is 18.9 Å². The maximum atomic E-state index is 12.9. The lowest BCUT2D eigenvalue weighted by atomic mass is 10.1. The highest BCUT2D eigenvalue weighted by Crippen LogP contribution is 2.46. The summed E-state index contributed by atoms with van der Waals surface area (Å²) in [6.45, 7) is 0. The van der Waals surface area contributed by atoms with Gasteiger partial charge in [0.05, 0.1) is 0 Å². The molecule has 4 nitrogen and oxygen atoms in total. The van der Waals surface area contributed by atoms with Gasteiger partial charge in [0.2, 0.25) is 0 Å². The van der Waals surface area contributed by atoms with Gasteiger partial charge in [-0.1, -0.05) is 0 Å². The number of rotatable bonds is 4. The summed E-state index contributed by atoms with van der Waals surface area (Å²) in [6.07, 6.45) is -16.3. The third-order valence-corrected chi connectivity index (χ3v) is 2.24. The lowest BCUT2D eigenvalue weighted by Gasteiger charge is -2.20. The van der Waals surface area contributed by atoms with Crippen LogP contribution in [0.15, 0.2) is 18.2 Å². The summed E-state index contributed by atoms with van der Waals surface area (Å²) in [4.78, 5) is 10.3. The molecule has 0 heterocycles. The Kier molecular flexibility index (Phi) is 5.50. The summed E-state index contributed by atoms with van der Waals surface area (Å²) in [5.41, 5.74) is -3.06. The maximum absolute atomic E-state index is 12.9. The van der Waals surface area contributed by atoms with Crippen molar-refractivity contribution in [1.82, 2.24) is 0 Å². The van der Waals surface area contributed by atoms with Gasteiger partial charge in [0, 0.05) is 6.08 Å². The minimum Gasteiger partial charge on any atom is -0.478 e. The van der Waals surface area contributed by atoms with E-state index in [1.165, 1.54) is 0 Å². The first-order valence-corrected chi connectivity index (χ1v) is 5.76. The van der Waals surface area contributed by atoms with Gasteiger partial charge in [0.25, 0.3) is 0 Å². The van der Waals surface area contributed by atoms with E-state index in [0.717, 1.165) is 0 Å². The van der Waals surface area contributed by atoms with Crippen LogP contribution in [0.4, 0.5) is 39.5 Å². The average molecular weight is 384 g/mol. The van der Waals surface area contributed by atoms with Gasteiger partial charge >= 0.3 is 24.9 Å². The molecule has 0 saturated carbocycles. The predicted octanol–water partition coefficient (Wildman–Crippen LogP) is 4.60. The monoisotopic (exact) mass is 384 g/mol. The first kappa shape index (κ1) is 20.4. The first-order valence-electron chi connectivity index (χ1n) is 5.76. The number of hydrogen-bond donors (Lipinski definition) is 1. The van der Waals surface area contributed by atoms with Crippen LogP contribution in [0.2, 0.25) is 0 Å². The largest absolute Gasteiger partial charge is 0.573 e. The molecule has 140 valence electrons. The molecule has 0 fully saturated rings. The summed E-state index contributed by atoms with van der Waals surface area (Å²) in [7, 11) is 0. The van der Waals surface area contributed by atoms with E-state index in [2.05, 4.69) is 9.47 Å². The Morgan fingerprint density at radius 2 is 1.44 bits per heavy atom. The summed E-state index contributed by atoms with van der Waals surface area (Å²) in [5, 5.41) is 8.37. The fraction of sp³-hybridized carbons (Fsp3) is 0.250. The zero-order chi connectivity index (χ0) is 19.6. The second-order valence-electron chi connectivity index (χ2n) is 4.16. The molecule has 1 rings (SSSR count). The van der Waals surface area contributed by atoms with Crippen molar-refractivity contribution in [3.8, 4) is 11.5 Å². The minimum absolute atomic E-state index is 0.0241. The Morgan fingerprint density at radius 3 is 1.84 bits per heavy atom. The Hall–Kier alpha value is -2.60. The van der Waals surface area contributed by atoms with E-state index in [-0.39, 0.29) is 18.2 Å². The number of hydrogen-bond acceptors (Lipinski definition) is 3. The highest BCUT2D eigenvalue weighted by molar-refractivity contribution is 5.85. The minimum atomic E-state index is -5.75. The molecule has 0 aliphatic heterocycles. The zero-order valence-electron chi connectivity index (χ0n) is 11.4. The van der Waals surface area contributed by atoms with E-state index in [1.807, 2.05) is 0 Å². The van der Waals surface area contributed by atoms with Gasteiger partial charge in [-0.05, 0) is 23.8 Å². The molecule has 0 unspecified atom stereocenters. The van der Waals surface area contributed by atoms with Gasteiger partial charge in [0.15, 0.2) is 11.5 Å². The van der Waals surface area contributed by atoms with Crippen molar-refractivity contribution in [1.29, 1.82) is 0 Å². The fourth-order valence-electron chi connectivity index (χ4n) is 1.52. The normalized spacial score (nSPS) is 13.2. The molecule has 0 amide bonds. The molecule has 13 heteroatoms. The van der Waals surface area contributed by atoms with Crippen molar-refractivity contribution in [2.24, 2.45) is 0 Å². The maximum Gasteiger partial charge on any atom is 0.573 e. The van der Waals surface area contributed by atoms with E-state index < -0.39 is 47.5 Å². The predicted molar refractivity (Wildman–Crippen MR) is 61.5 cm³/mol. The molecule has 0 atom stereocenters. The number of benzene rings is 1. The molecule has 0 bridgehead atoms. The molecule has 1 N–H and O–H groups in total. The van der Waals surface area contributed by atoms with Crippen LogP contribution < -0.4 is 9.47 Å². The Labute approximate surface area is 132 Å². The molecule has 1 aromatic carbocycles. The third kappa shape index (κ3) is 6.81. The van der Waals surface area contributed by atoms with Crippen molar-refractivity contribution < 1.29 is 58.9 Å². The van der Waals surface area contributed by atoms with Gasteiger partial charge in [0.1, 0.15) is 5.56 Å². The fourth-order valence-corrected chi connectivity index (χ4v) is 1.52. The molecule has 0 aliphatic rings. The highest BCUT2D eigenvalue weighted by Gasteiger charge is 2.43. The Bertz CT molecular complexity index is 671. The van der Waals surface area contributed by atoms with Crippen molar-refractivity contribution in [3.63, 3.8) is 0 Å². The van der Waals surface area contributed by atoms with E-state index in [4.69, 9.17) is 5.11 Å². The molecule has 0 aromatic heterocycles. The van der Waals surface area contributed by atoms with Gasteiger partial charge < -0.3 is 14.6 Å². The first-order chi connectivity index (χ1) is 11.1. The second kappa shape index (κ2) is 6.72. The van der Waals surface area contributed by atoms with Crippen LogP contribution in [0.25, 0.3) is 6.08 Å². The van der Waals surface area contributed by atoms with Gasteiger partial charge in [-0.2, -0.15) is 13.2 Å². The average Bonchev–Trinajstić information content (AvgIpc) is 2.33. The van der Waals surface area contributed by atoms with Crippen LogP contribution in [0, 0.1) is 0 Å². The van der Waals surface area contributed by atoms with Crippen LogP contribution in [0.1, 0.15) is 11.1 Å². The molecular formula is C12H5F9O4. The number of carboxylic acids is 1. The number of ether oxygens (including phenoxy) is 2. The lowest BCUT2D eigenvalue weighted by Crippen LogP contribution is -2.23. The molecule has 0 saturated heterocycles. The number of carbonyl (C=O) groups is 1. The van der Waals surface area contributed by atoms with Crippen LogP contribution in [-0.4, -0.2) is 23.8 Å². The molecule has 25 heavy (non-hydrogen) atoms. The van der Waals surface area contributed by atoms with Crippen LogP contribution in [-0.2, 0) is 11.0 Å². The highest BCUT2D eigenvalue weighted by atomic mass is 19.4. The summed E-state index contributed by atoms with van der Waals surface area (Å²) in [6, 6.07) is 0.0903. The molecule has 1 aromatic rings. The quantitative estimate of drug-likeness (QED) is 0.609. The topological polar surface area (TPSA) is 55.8 Å². The van der Waals surface area contributed by atoms with Crippen molar-refractivity contribution in [3.05, 3.63) is 29.3 Å². The number of carboxylic acid groups (broad SMARTS) is 1. The van der Waals surface area contributed by atoms with Gasteiger partial charge in [-0.25, -0.2) is 4.79 Å².